The molecule has 0 unspecified atom stereocenters. The smallest absolute Gasteiger partial charge is 0.314 e. The number of ether oxygens (including phenoxy) is 2. The van der Waals surface area contributed by atoms with Gasteiger partial charge in [0.25, 0.3) is 0 Å². The van der Waals surface area contributed by atoms with E-state index >= 15 is 0 Å². The second kappa shape index (κ2) is 17.2. The monoisotopic (exact) mass is 758 g/mol. The minimum Gasteiger partial charge on any atom is -0.469 e. The zero-order valence-electron chi connectivity index (χ0n) is 24.2. The SMILES string of the molecule is COC(=O)C1(CO)CCC(I)CC1.COC(=O)C1(CO)CCC(c2cc(C)nc(Cl)n2)CC1.Cc1cc(Cl)nc(Cl)n1. The van der Waals surface area contributed by atoms with Crippen LogP contribution in [0.5, 0.6) is 0 Å². The molecule has 234 valence electrons. The highest BCUT2D eigenvalue weighted by molar-refractivity contribution is 14.1. The summed E-state index contributed by atoms with van der Waals surface area (Å²) >= 11 is 19.2. The van der Waals surface area contributed by atoms with Gasteiger partial charge in [-0.15, -0.1) is 0 Å². The van der Waals surface area contributed by atoms with Crippen LogP contribution in [0.25, 0.3) is 0 Å². The second-order valence-corrected chi connectivity index (χ2v) is 13.4. The Morgan fingerprint density at radius 3 is 1.62 bits per heavy atom. The van der Waals surface area contributed by atoms with E-state index in [4.69, 9.17) is 44.3 Å². The van der Waals surface area contributed by atoms with Crippen molar-refractivity contribution in [3.8, 4) is 0 Å². The Labute approximate surface area is 275 Å². The Morgan fingerprint density at radius 2 is 1.24 bits per heavy atom. The zero-order chi connectivity index (χ0) is 31.5. The van der Waals surface area contributed by atoms with Crippen molar-refractivity contribution in [3.05, 3.63) is 44.9 Å². The lowest BCUT2D eigenvalue weighted by Crippen LogP contribution is -2.39. The van der Waals surface area contributed by atoms with E-state index in [0.29, 0.717) is 21.9 Å². The Balaban J connectivity index is 0.000000240. The molecule has 0 aliphatic heterocycles. The molecule has 2 heterocycles. The highest BCUT2D eigenvalue weighted by Gasteiger charge is 2.43. The number of aliphatic hydroxyl groups excluding tert-OH is 2. The fraction of sp³-hybridized carbons (Fsp3) is 0.643. The van der Waals surface area contributed by atoms with Crippen LogP contribution in [0.1, 0.15) is 74.4 Å². The quantitative estimate of drug-likeness (QED) is 0.125. The third kappa shape index (κ3) is 10.4. The number of rotatable bonds is 5. The molecule has 2 saturated carbocycles. The highest BCUT2D eigenvalue weighted by Crippen LogP contribution is 2.43. The van der Waals surface area contributed by atoms with Crippen molar-refractivity contribution < 1.29 is 29.3 Å². The van der Waals surface area contributed by atoms with Gasteiger partial charge in [-0.3, -0.25) is 9.59 Å². The first-order valence-corrected chi connectivity index (χ1v) is 15.9. The first-order chi connectivity index (χ1) is 19.8. The van der Waals surface area contributed by atoms with Gasteiger partial charge in [-0.25, -0.2) is 19.9 Å². The minimum atomic E-state index is -0.753. The molecule has 0 spiro atoms. The van der Waals surface area contributed by atoms with Crippen molar-refractivity contribution in [2.45, 2.75) is 75.1 Å². The van der Waals surface area contributed by atoms with Crippen LogP contribution < -0.4 is 0 Å². The number of carbonyl (C=O) groups excluding carboxylic acids is 2. The summed E-state index contributed by atoms with van der Waals surface area (Å²) in [6, 6.07) is 3.58. The number of aliphatic hydroxyl groups is 2. The van der Waals surface area contributed by atoms with Gasteiger partial charge < -0.3 is 19.7 Å². The predicted octanol–water partition coefficient (Wildman–Crippen LogP) is 5.86. The number of methoxy groups -OCH3 is 2. The third-order valence-corrected chi connectivity index (χ3v) is 9.50. The number of esters is 2. The standard InChI is InChI=1S/C14H19ClN2O3.C9H15IO3.C5H4Cl2N2/c1-9-7-11(17-13(15)16-9)10-3-5-14(8-18,6-4-10)12(19)20-2;1-13-8(12)9(6-11)4-2-7(10)3-5-9;1-3-2-4(6)9-5(7)8-3/h7,10,18H,3-6,8H2,1-2H3;7,11H,2-6H2,1H3;2H,1H3. The van der Waals surface area contributed by atoms with Gasteiger partial charge in [-0.1, -0.05) is 34.2 Å². The maximum Gasteiger partial charge on any atom is 0.314 e. The Morgan fingerprint density at radius 1 is 0.810 bits per heavy atom. The van der Waals surface area contributed by atoms with Crippen LogP contribution in [0.4, 0.5) is 0 Å². The van der Waals surface area contributed by atoms with Crippen molar-refractivity contribution in [1.82, 2.24) is 19.9 Å². The van der Waals surface area contributed by atoms with Gasteiger partial charge in [-0.05, 0) is 101 Å². The van der Waals surface area contributed by atoms with Crippen LogP contribution in [-0.4, -0.2) is 73.4 Å². The summed E-state index contributed by atoms with van der Waals surface area (Å²) in [6.45, 7) is 3.44. The number of aromatic nitrogens is 4. The fourth-order valence-corrected chi connectivity index (χ4v) is 6.51. The number of hydrogen-bond donors (Lipinski definition) is 2. The van der Waals surface area contributed by atoms with E-state index in [1.54, 1.807) is 13.0 Å². The largest absolute Gasteiger partial charge is 0.469 e. The second-order valence-electron chi connectivity index (χ2n) is 10.6. The maximum atomic E-state index is 11.8. The minimum absolute atomic E-state index is 0.0803. The normalized spacial score (nSPS) is 25.2. The van der Waals surface area contributed by atoms with Crippen molar-refractivity contribution in [2.75, 3.05) is 27.4 Å². The third-order valence-electron chi connectivity index (χ3n) is 7.72. The summed E-state index contributed by atoms with van der Waals surface area (Å²) in [5, 5.41) is 19.6. The summed E-state index contributed by atoms with van der Waals surface area (Å²) in [5.74, 6) is -0.327. The summed E-state index contributed by atoms with van der Waals surface area (Å²) in [6.07, 6.45) is 6.26. The lowest BCUT2D eigenvalue weighted by Gasteiger charge is -2.36. The average Bonchev–Trinajstić information content (AvgIpc) is 2.96. The summed E-state index contributed by atoms with van der Waals surface area (Å²) in [7, 11) is 2.75. The van der Waals surface area contributed by atoms with Crippen LogP contribution in [0.2, 0.25) is 15.7 Å². The molecule has 0 radical (unpaired) electrons. The molecule has 0 atom stereocenters. The predicted molar refractivity (Wildman–Crippen MR) is 169 cm³/mol. The molecular formula is C28H38Cl3IN4O6. The van der Waals surface area contributed by atoms with Crippen molar-refractivity contribution >= 4 is 69.3 Å². The molecule has 2 aliphatic carbocycles. The Bertz CT molecular complexity index is 1120. The molecule has 0 bridgehead atoms. The van der Waals surface area contributed by atoms with E-state index in [9.17, 15) is 19.8 Å². The molecule has 2 fully saturated rings. The number of alkyl halides is 1. The first kappa shape index (κ1) is 36.8. The molecule has 2 aromatic heterocycles. The summed E-state index contributed by atoms with van der Waals surface area (Å²) in [4.78, 5) is 39.1. The van der Waals surface area contributed by atoms with Gasteiger partial charge in [0.1, 0.15) is 5.15 Å². The zero-order valence-corrected chi connectivity index (χ0v) is 28.6. The Kier molecular flexibility index (Phi) is 15.1. The number of aryl methyl sites for hydroxylation is 2. The van der Waals surface area contributed by atoms with Crippen LogP contribution in [0, 0.1) is 24.7 Å². The van der Waals surface area contributed by atoms with E-state index in [1.165, 1.54) is 14.2 Å². The number of hydrogen-bond acceptors (Lipinski definition) is 10. The molecule has 0 saturated heterocycles. The molecule has 2 aromatic rings. The Hall–Kier alpha value is -1.38. The van der Waals surface area contributed by atoms with Crippen molar-refractivity contribution in [3.63, 3.8) is 0 Å². The molecular weight excluding hydrogens is 722 g/mol. The van der Waals surface area contributed by atoms with Crippen LogP contribution >= 0.6 is 57.4 Å². The van der Waals surface area contributed by atoms with Gasteiger partial charge in [0.15, 0.2) is 0 Å². The lowest BCUT2D eigenvalue weighted by atomic mass is 9.70. The van der Waals surface area contributed by atoms with Crippen LogP contribution in [-0.2, 0) is 19.1 Å². The highest BCUT2D eigenvalue weighted by atomic mass is 127. The molecule has 10 nitrogen and oxygen atoms in total. The lowest BCUT2D eigenvalue weighted by molar-refractivity contribution is -0.158. The van der Waals surface area contributed by atoms with Crippen molar-refractivity contribution in [1.29, 1.82) is 0 Å². The molecule has 2 N–H and O–H groups in total. The van der Waals surface area contributed by atoms with Crippen molar-refractivity contribution in [2.24, 2.45) is 10.8 Å². The first-order valence-electron chi connectivity index (χ1n) is 13.5. The maximum absolute atomic E-state index is 11.8. The van der Waals surface area contributed by atoms with E-state index in [1.807, 2.05) is 13.0 Å². The number of carbonyl (C=O) groups is 2. The van der Waals surface area contributed by atoms with Gasteiger partial charge >= 0.3 is 11.9 Å². The van der Waals surface area contributed by atoms with Crippen LogP contribution in [0.3, 0.4) is 0 Å². The molecule has 0 amide bonds. The topological polar surface area (TPSA) is 145 Å². The molecule has 14 heteroatoms. The summed E-state index contributed by atoms with van der Waals surface area (Å²) < 4.78 is 10.2. The van der Waals surface area contributed by atoms with E-state index < -0.39 is 10.8 Å². The van der Waals surface area contributed by atoms with E-state index in [0.717, 1.165) is 55.6 Å². The van der Waals surface area contributed by atoms with Crippen LogP contribution in [0.15, 0.2) is 12.1 Å². The number of halogens is 4. The molecule has 2 aliphatic rings. The van der Waals surface area contributed by atoms with Gasteiger partial charge in [0, 0.05) is 26.9 Å². The van der Waals surface area contributed by atoms with Gasteiger partial charge in [0.05, 0.1) is 38.3 Å². The van der Waals surface area contributed by atoms with E-state index in [2.05, 4.69) is 42.5 Å². The molecule has 42 heavy (non-hydrogen) atoms. The fourth-order valence-electron chi connectivity index (χ4n) is 5.15. The number of nitrogens with zero attached hydrogens (tertiary/aromatic N) is 4. The molecule has 0 aromatic carbocycles. The van der Waals surface area contributed by atoms with E-state index in [-0.39, 0.29) is 41.6 Å². The molecule has 4 rings (SSSR count). The average molecular weight is 760 g/mol. The van der Waals surface area contributed by atoms with Gasteiger partial charge in [0.2, 0.25) is 10.6 Å². The summed E-state index contributed by atoms with van der Waals surface area (Å²) in [5.41, 5.74) is 1.18. The van der Waals surface area contributed by atoms with Gasteiger partial charge in [-0.2, -0.15) is 0 Å².